The van der Waals surface area contributed by atoms with Crippen molar-refractivity contribution < 1.29 is 17.5 Å². The van der Waals surface area contributed by atoms with Gasteiger partial charge in [0.05, 0.1) is 7.11 Å². The molecule has 0 aliphatic carbocycles. The monoisotopic (exact) mass is 257 g/mol. The van der Waals surface area contributed by atoms with Gasteiger partial charge in [0.15, 0.2) is 0 Å². The van der Waals surface area contributed by atoms with E-state index in [2.05, 4.69) is 10.6 Å². The number of ether oxygens (including phenoxy) is 1. The highest BCUT2D eigenvalue weighted by atomic mass is 32.2. The van der Waals surface area contributed by atoms with Crippen LogP contribution in [0.2, 0.25) is 0 Å². The third kappa shape index (κ3) is 3.44. The third-order valence-electron chi connectivity index (χ3n) is 1.98. The van der Waals surface area contributed by atoms with Crippen LogP contribution in [0.25, 0.3) is 0 Å². The average molecular weight is 257 g/mol. The normalized spacial score (nSPS) is 10.9. The minimum atomic E-state index is -3.81. The van der Waals surface area contributed by atoms with Crippen molar-refractivity contribution in [1.29, 1.82) is 0 Å². The SMILES string of the molecule is C#CCCNS(=O)(=O)c1cc(F)ccc1OC. The van der Waals surface area contributed by atoms with E-state index in [1.54, 1.807) is 0 Å². The first-order chi connectivity index (χ1) is 8.01. The van der Waals surface area contributed by atoms with E-state index in [0.29, 0.717) is 0 Å². The summed E-state index contributed by atoms with van der Waals surface area (Å²) in [7, 11) is -2.50. The highest BCUT2D eigenvalue weighted by Crippen LogP contribution is 2.23. The van der Waals surface area contributed by atoms with Crippen LogP contribution in [0.3, 0.4) is 0 Å². The lowest BCUT2D eigenvalue weighted by Gasteiger charge is -2.09. The van der Waals surface area contributed by atoms with Crippen LogP contribution in [0.1, 0.15) is 6.42 Å². The molecule has 0 bridgehead atoms. The van der Waals surface area contributed by atoms with Gasteiger partial charge in [-0.2, -0.15) is 0 Å². The molecule has 92 valence electrons. The topological polar surface area (TPSA) is 55.4 Å². The molecule has 0 aliphatic rings. The largest absolute Gasteiger partial charge is 0.495 e. The molecule has 17 heavy (non-hydrogen) atoms. The standard InChI is InChI=1S/C11H12FNO3S/c1-3-4-7-13-17(14,15)11-8-9(12)5-6-10(11)16-2/h1,5-6,8,13H,4,7H2,2H3. The van der Waals surface area contributed by atoms with Crippen LogP contribution in [0, 0.1) is 18.2 Å². The number of nitrogens with one attached hydrogen (secondary N) is 1. The van der Waals surface area contributed by atoms with Crippen molar-refractivity contribution >= 4 is 10.0 Å². The number of halogens is 1. The Morgan fingerprint density at radius 2 is 2.24 bits per heavy atom. The minimum absolute atomic E-state index is 0.0830. The van der Waals surface area contributed by atoms with Gasteiger partial charge in [-0.15, -0.1) is 12.3 Å². The molecule has 4 nitrogen and oxygen atoms in total. The number of benzene rings is 1. The zero-order chi connectivity index (χ0) is 12.9. The highest BCUT2D eigenvalue weighted by Gasteiger charge is 2.19. The summed E-state index contributed by atoms with van der Waals surface area (Å²) in [5.41, 5.74) is 0. The molecule has 1 aromatic rings. The van der Waals surface area contributed by atoms with Crippen molar-refractivity contribution in [1.82, 2.24) is 4.72 Å². The van der Waals surface area contributed by atoms with Gasteiger partial charge in [-0.1, -0.05) is 0 Å². The zero-order valence-corrected chi connectivity index (χ0v) is 10.1. The van der Waals surface area contributed by atoms with Crippen LogP contribution in [0.5, 0.6) is 5.75 Å². The van der Waals surface area contributed by atoms with Gasteiger partial charge in [-0.05, 0) is 18.2 Å². The molecule has 0 aliphatic heterocycles. The average Bonchev–Trinajstić information content (AvgIpc) is 2.29. The first-order valence-corrected chi connectivity index (χ1v) is 6.26. The number of hydrogen-bond acceptors (Lipinski definition) is 3. The van der Waals surface area contributed by atoms with E-state index in [1.165, 1.54) is 13.2 Å². The summed E-state index contributed by atoms with van der Waals surface area (Å²) in [6, 6.07) is 3.28. The summed E-state index contributed by atoms with van der Waals surface area (Å²) < 4.78 is 43.8. The van der Waals surface area contributed by atoms with Gasteiger partial charge in [0.1, 0.15) is 16.5 Å². The number of methoxy groups -OCH3 is 1. The van der Waals surface area contributed by atoms with Crippen molar-refractivity contribution in [2.75, 3.05) is 13.7 Å². The first kappa shape index (κ1) is 13.5. The molecule has 0 radical (unpaired) electrons. The number of terminal acetylenes is 1. The first-order valence-electron chi connectivity index (χ1n) is 4.78. The van der Waals surface area contributed by atoms with Crippen molar-refractivity contribution in [3.05, 3.63) is 24.0 Å². The Morgan fingerprint density at radius 1 is 1.53 bits per heavy atom. The molecule has 0 atom stereocenters. The number of rotatable bonds is 5. The van der Waals surface area contributed by atoms with Gasteiger partial charge < -0.3 is 4.74 Å². The van der Waals surface area contributed by atoms with E-state index < -0.39 is 15.8 Å². The molecule has 1 aromatic carbocycles. The number of hydrogen-bond donors (Lipinski definition) is 1. The summed E-state index contributed by atoms with van der Waals surface area (Å²) in [4.78, 5) is -0.239. The zero-order valence-electron chi connectivity index (χ0n) is 9.23. The molecule has 0 unspecified atom stereocenters. The lowest BCUT2D eigenvalue weighted by molar-refractivity contribution is 0.400. The van der Waals surface area contributed by atoms with Crippen molar-refractivity contribution in [3.8, 4) is 18.1 Å². The van der Waals surface area contributed by atoms with Crippen molar-refractivity contribution in [3.63, 3.8) is 0 Å². The fourth-order valence-corrected chi connectivity index (χ4v) is 2.41. The fraction of sp³-hybridized carbons (Fsp3) is 0.273. The summed E-state index contributed by atoms with van der Waals surface area (Å²) in [5.74, 6) is 1.73. The van der Waals surface area contributed by atoms with Crippen LogP contribution in [0.15, 0.2) is 23.1 Å². The van der Waals surface area contributed by atoms with Gasteiger partial charge in [0.2, 0.25) is 10.0 Å². The molecule has 1 N–H and O–H groups in total. The van der Waals surface area contributed by atoms with E-state index >= 15 is 0 Å². The highest BCUT2D eigenvalue weighted by molar-refractivity contribution is 7.89. The second-order valence-corrected chi connectivity index (χ2v) is 4.88. The van der Waals surface area contributed by atoms with Crippen molar-refractivity contribution in [2.24, 2.45) is 0 Å². The molecule has 6 heteroatoms. The Labute approximate surface area is 99.8 Å². The summed E-state index contributed by atoms with van der Waals surface area (Å²) >= 11 is 0. The lowest BCUT2D eigenvalue weighted by atomic mass is 10.3. The van der Waals surface area contributed by atoms with E-state index in [0.717, 1.165) is 12.1 Å². The van der Waals surface area contributed by atoms with Gasteiger partial charge >= 0.3 is 0 Å². The molecule has 0 amide bonds. The van der Waals surface area contributed by atoms with Gasteiger partial charge in [0, 0.05) is 13.0 Å². The smallest absolute Gasteiger partial charge is 0.244 e. The Bertz CT molecular complexity index is 534. The maximum atomic E-state index is 13.0. The van der Waals surface area contributed by atoms with E-state index in [1.807, 2.05) is 0 Å². The molecule has 1 rings (SSSR count). The molecule has 0 saturated heterocycles. The van der Waals surface area contributed by atoms with Crippen LogP contribution in [-0.2, 0) is 10.0 Å². The molecule has 0 saturated carbocycles. The van der Waals surface area contributed by atoms with E-state index in [-0.39, 0.29) is 23.6 Å². The van der Waals surface area contributed by atoms with E-state index in [9.17, 15) is 12.8 Å². The second-order valence-electron chi connectivity index (χ2n) is 3.15. The maximum Gasteiger partial charge on any atom is 0.244 e. The van der Waals surface area contributed by atoms with Crippen LogP contribution < -0.4 is 9.46 Å². The molecule has 0 spiro atoms. The van der Waals surface area contributed by atoms with Crippen LogP contribution in [-0.4, -0.2) is 22.1 Å². The molecule has 0 fully saturated rings. The molecular formula is C11H12FNO3S. The summed E-state index contributed by atoms with van der Waals surface area (Å²) in [5, 5.41) is 0. The Hall–Kier alpha value is -1.58. The predicted molar refractivity (Wildman–Crippen MR) is 61.6 cm³/mol. The van der Waals surface area contributed by atoms with Crippen LogP contribution >= 0.6 is 0 Å². The maximum absolute atomic E-state index is 13.0. The van der Waals surface area contributed by atoms with E-state index in [4.69, 9.17) is 11.2 Å². The lowest BCUT2D eigenvalue weighted by Crippen LogP contribution is -2.25. The summed E-state index contributed by atoms with van der Waals surface area (Å²) in [6.07, 6.45) is 5.27. The van der Waals surface area contributed by atoms with Gasteiger partial charge in [-0.3, -0.25) is 0 Å². The molecule has 0 heterocycles. The fourth-order valence-electron chi connectivity index (χ4n) is 1.20. The van der Waals surface area contributed by atoms with Gasteiger partial charge in [0.25, 0.3) is 0 Å². The quantitative estimate of drug-likeness (QED) is 0.635. The minimum Gasteiger partial charge on any atom is -0.495 e. The summed E-state index contributed by atoms with van der Waals surface area (Å²) in [6.45, 7) is 0.0957. The molecular weight excluding hydrogens is 245 g/mol. The van der Waals surface area contributed by atoms with Crippen molar-refractivity contribution in [2.45, 2.75) is 11.3 Å². The second kappa shape index (κ2) is 5.66. The van der Waals surface area contributed by atoms with Crippen LogP contribution in [0.4, 0.5) is 4.39 Å². The van der Waals surface area contributed by atoms with Gasteiger partial charge in [-0.25, -0.2) is 17.5 Å². The third-order valence-corrected chi connectivity index (χ3v) is 3.46. The number of sulfonamides is 1. The predicted octanol–water partition coefficient (Wildman–Crippen LogP) is 1.14. The Balaban J connectivity index is 3.05. The Morgan fingerprint density at radius 3 is 2.82 bits per heavy atom. The molecule has 0 aromatic heterocycles. The Kier molecular flexibility index (Phi) is 4.49.